The molecule has 11 nitrogen and oxygen atoms in total. The highest BCUT2D eigenvalue weighted by Crippen LogP contribution is 2.32. The summed E-state index contributed by atoms with van der Waals surface area (Å²) in [6.07, 6.45) is 5.24. The molecule has 2 aliphatic rings. The first-order chi connectivity index (χ1) is 16.8. The van der Waals surface area contributed by atoms with Crippen LogP contribution in [-0.2, 0) is 9.53 Å². The van der Waals surface area contributed by atoms with Crippen molar-refractivity contribution >= 4 is 40.3 Å². The number of fused-ring (bicyclic) bond motifs is 1. The smallest absolute Gasteiger partial charge is 0.341 e. The summed E-state index contributed by atoms with van der Waals surface area (Å²) in [5, 5.41) is 12.6. The zero-order valence-electron chi connectivity index (χ0n) is 18.9. The van der Waals surface area contributed by atoms with Crippen molar-refractivity contribution in [3.63, 3.8) is 0 Å². The molecular weight excluding hydrogens is 479 g/mol. The second-order valence-corrected chi connectivity index (χ2v) is 9.55. The zero-order chi connectivity index (χ0) is 24.7. The summed E-state index contributed by atoms with van der Waals surface area (Å²) in [5.41, 5.74) is -2.49. The number of carbonyl (C=O) groups excluding carboxylic acids is 1. The molecule has 0 spiro atoms. The molecular formula is C22H23FN6O5S. The zero-order valence-corrected chi connectivity index (χ0v) is 19.7. The second-order valence-electron chi connectivity index (χ2n) is 8.79. The van der Waals surface area contributed by atoms with Crippen LogP contribution in [0.4, 0.5) is 10.2 Å². The quantitative estimate of drug-likeness (QED) is 0.513. The minimum absolute atomic E-state index is 0.0925. The number of pyridine rings is 2. The lowest BCUT2D eigenvalue weighted by molar-refractivity contribution is -0.135. The molecule has 3 aromatic heterocycles. The number of aryl methyl sites for hydroxylation is 1. The predicted octanol–water partition coefficient (Wildman–Crippen LogP) is 1.46. The fourth-order valence-electron chi connectivity index (χ4n) is 4.41. The summed E-state index contributed by atoms with van der Waals surface area (Å²) in [6.45, 7) is 2.19. The predicted molar refractivity (Wildman–Crippen MR) is 125 cm³/mol. The molecule has 5 rings (SSSR count). The number of aromatic nitrogens is 4. The number of halogens is 1. The SMILES string of the molecule is Cc1cc(N2CC(F)(C(=O)NCC3CCCCO3)C2)nc2c1c(=O)c(C(=O)O)cn2-c1ncns1. The van der Waals surface area contributed by atoms with Gasteiger partial charge in [0.05, 0.1) is 24.6 Å². The first kappa shape index (κ1) is 23.3. The van der Waals surface area contributed by atoms with Gasteiger partial charge in [-0.3, -0.25) is 14.2 Å². The number of ether oxygens (including phenoxy) is 1. The molecule has 5 heterocycles. The van der Waals surface area contributed by atoms with Gasteiger partial charge in [-0.2, -0.15) is 4.37 Å². The van der Waals surface area contributed by atoms with E-state index in [-0.39, 0.29) is 36.8 Å². The first-order valence-electron chi connectivity index (χ1n) is 11.2. The maximum absolute atomic E-state index is 15.3. The number of hydrogen-bond donors (Lipinski definition) is 2. The number of carboxylic acid groups (broad SMARTS) is 1. The molecule has 35 heavy (non-hydrogen) atoms. The van der Waals surface area contributed by atoms with Crippen LogP contribution in [0, 0.1) is 6.92 Å². The molecule has 1 atom stereocenters. The highest BCUT2D eigenvalue weighted by molar-refractivity contribution is 7.08. The fourth-order valence-corrected chi connectivity index (χ4v) is 4.92. The average Bonchev–Trinajstić information content (AvgIpc) is 3.35. The Bertz CT molecular complexity index is 1350. The van der Waals surface area contributed by atoms with Gasteiger partial charge in [0.15, 0.2) is 5.65 Å². The van der Waals surface area contributed by atoms with Gasteiger partial charge < -0.3 is 20.1 Å². The van der Waals surface area contributed by atoms with E-state index >= 15 is 4.39 Å². The molecule has 13 heteroatoms. The Morgan fingerprint density at radius 2 is 2.17 bits per heavy atom. The van der Waals surface area contributed by atoms with E-state index in [2.05, 4.69) is 19.7 Å². The summed E-state index contributed by atoms with van der Waals surface area (Å²) in [6, 6.07) is 1.59. The van der Waals surface area contributed by atoms with Gasteiger partial charge in [0.2, 0.25) is 16.2 Å². The Balaban J connectivity index is 1.41. The monoisotopic (exact) mass is 502 g/mol. The third kappa shape index (κ3) is 4.25. The van der Waals surface area contributed by atoms with E-state index in [9.17, 15) is 19.5 Å². The van der Waals surface area contributed by atoms with Crippen LogP contribution in [0.3, 0.4) is 0 Å². The lowest BCUT2D eigenvalue weighted by Gasteiger charge is -2.44. The standard InChI is InChI=1S/C22H23FN6O5S/c1-12-6-15(28-9-22(23,10-28)20(33)24-7-13-4-2-3-5-34-13)27-18-16(12)17(30)14(19(31)32)8-29(18)21-25-11-26-35-21/h6,8,11,13H,2-5,7,9-10H2,1H3,(H,24,33)(H,31,32). The Kier molecular flexibility index (Phi) is 5.97. The number of anilines is 1. The van der Waals surface area contributed by atoms with Gasteiger partial charge in [-0.15, -0.1) is 0 Å². The number of nitrogens with zero attached hydrogens (tertiary/aromatic N) is 5. The molecule has 184 valence electrons. The maximum Gasteiger partial charge on any atom is 0.341 e. The molecule has 0 bridgehead atoms. The third-order valence-electron chi connectivity index (χ3n) is 6.31. The van der Waals surface area contributed by atoms with Crippen molar-refractivity contribution in [2.45, 2.75) is 38.0 Å². The van der Waals surface area contributed by atoms with Crippen LogP contribution in [-0.4, -0.2) is 73.9 Å². The van der Waals surface area contributed by atoms with Gasteiger partial charge in [0, 0.05) is 30.9 Å². The molecule has 2 aliphatic heterocycles. The van der Waals surface area contributed by atoms with Crippen molar-refractivity contribution in [2.24, 2.45) is 0 Å². The van der Waals surface area contributed by atoms with Crippen molar-refractivity contribution in [2.75, 3.05) is 31.1 Å². The van der Waals surface area contributed by atoms with Crippen molar-refractivity contribution in [3.8, 4) is 5.13 Å². The van der Waals surface area contributed by atoms with Crippen LogP contribution in [0.1, 0.15) is 35.2 Å². The van der Waals surface area contributed by atoms with Gasteiger partial charge in [0.25, 0.3) is 5.91 Å². The molecule has 1 unspecified atom stereocenters. The van der Waals surface area contributed by atoms with Gasteiger partial charge in [0.1, 0.15) is 17.7 Å². The van der Waals surface area contributed by atoms with Gasteiger partial charge in [-0.1, -0.05) is 0 Å². The molecule has 2 saturated heterocycles. The molecule has 1 amide bonds. The average molecular weight is 503 g/mol. The Labute approximate surface area is 202 Å². The molecule has 3 aromatic rings. The first-order valence-corrected chi connectivity index (χ1v) is 12.0. The van der Waals surface area contributed by atoms with E-state index in [1.54, 1.807) is 17.9 Å². The van der Waals surface area contributed by atoms with Gasteiger partial charge >= 0.3 is 5.97 Å². The molecule has 2 fully saturated rings. The van der Waals surface area contributed by atoms with Crippen molar-refractivity contribution < 1.29 is 23.8 Å². The van der Waals surface area contributed by atoms with E-state index in [1.807, 2.05) is 0 Å². The summed E-state index contributed by atoms with van der Waals surface area (Å²) in [5.74, 6) is -1.68. The van der Waals surface area contributed by atoms with E-state index in [1.165, 1.54) is 17.1 Å². The van der Waals surface area contributed by atoms with E-state index in [0.717, 1.165) is 30.8 Å². The summed E-state index contributed by atoms with van der Waals surface area (Å²) >= 11 is 1.01. The fraction of sp³-hybridized carbons (Fsp3) is 0.455. The summed E-state index contributed by atoms with van der Waals surface area (Å²) in [4.78, 5) is 47.3. The van der Waals surface area contributed by atoms with Crippen molar-refractivity contribution in [1.82, 2.24) is 24.2 Å². The Morgan fingerprint density at radius 3 is 2.83 bits per heavy atom. The maximum atomic E-state index is 15.3. The number of hydrogen-bond acceptors (Lipinski definition) is 9. The number of rotatable bonds is 6. The van der Waals surface area contributed by atoms with Crippen LogP contribution in [0.2, 0.25) is 0 Å². The van der Waals surface area contributed by atoms with Crippen molar-refractivity contribution in [3.05, 3.63) is 39.9 Å². The molecule has 0 aliphatic carbocycles. The largest absolute Gasteiger partial charge is 0.477 e. The van der Waals surface area contributed by atoms with Gasteiger partial charge in [-0.05, 0) is 37.8 Å². The minimum Gasteiger partial charge on any atom is -0.477 e. The van der Waals surface area contributed by atoms with Crippen LogP contribution >= 0.6 is 11.5 Å². The van der Waals surface area contributed by atoms with E-state index < -0.39 is 28.5 Å². The second kappa shape index (κ2) is 8.96. The number of nitrogens with one attached hydrogen (secondary N) is 1. The normalized spacial score (nSPS) is 19.4. The van der Waals surface area contributed by atoms with Gasteiger partial charge in [-0.25, -0.2) is 19.2 Å². The number of amides is 1. The molecule has 0 radical (unpaired) electrons. The summed E-state index contributed by atoms with van der Waals surface area (Å²) in [7, 11) is 0. The third-order valence-corrected chi connectivity index (χ3v) is 6.97. The Hall–Kier alpha value is -3.45. The summed E-state index contributed by atoms with van der Waals surface area (Å²) < 4.78 is 26.2. The lowest BCUT2D eigenvalue weighted by atomic mass is 9.94. The van der Waals surface area contributed by atoms with Crippen LogP contribution in [0.15, 0.2) is 23.4 Å². The number of carbonyl (C=O) groups is 2. The van der Waals surface area contributed by atoms with Crippen LogP contribution < -0.4 is 15.6 Å². The Morgan fingerprint density at radius 1 is 1.37 bits per heavy atom. The number of alkyl halides is 1. The number of aromatic carboxylic acids is 1. The van der Waals surface area contributed by atoms with Crippen LogP contribution in [0.25, 0.3) is 16.2 Å². The highest BCUT2D eigenvalue weighted by Gasteiger charge is 2.51. The van der Waals surface area contributed by atoms with E-state index in [0.29, 0.717) is 23.1 Å². The molecule has 2 N–H and O–H groups in total. The topological polar surface area (TPSA) is 140 Å². The molecule has 0 saturated carbocycles. The lowest BCUT2D eigenvalue weighted by Crippen LogP contribution is -2.67. The van der Waals surface area contributed by atoms with E-state index in [4.69, 9.17) is 4.74 Å². The van der Waals surface area contributed by atoms with Crippen LogP contribution in [0.5, 0.6) is 0 Å². The minimum atomic E-state index is -2.06. The molecule has 0 aromatic carbocycles. The van der Waals surface area contributed by atoms with Crippen molar-refractivity contribution in [1.29, 1.82) is 0 Å². The number of carboxylic acids is 1. The highest BCUT2D eigenvalue weighted by atomic mass is 32.1.